The molecule has 0 N–H and O–H groups in total. The van der Waals surface area contributed by atoms with Gasteiger partial charge in [0, 0.05) is 0 Å². The van der Waals surface area contributed by atoms with E-state index in [9.17, 15) is 0 Å². The summed E-state index contributed by atoms with van der Waals surface area (Å²) in [6, 6.07) is 0. The molecular weight excluding hydrogens is 780 g/mol. The van der Waals surface area contributed by atoms with Crippen molar-refractivity contribution in [2.75, 3.05) is 34.7 Å². The summed E-state index contributed by atoms with van der Waals surface area (Å²) in [5.41, 5.74) is 3.35. The predicted octanol–water partition coefficient (Wildman–Crippen LogP) is 9.84. The average Bonchev–Trinajstić information content (AvgIpc) is 2.68. The van der Waals surface area contributed by atoms with Crippen molar-refractivity contribution in [1.29, 1.82) is 0 Å². The molecule has 0 bridgehead atoms. The third-order valence-corrected chi connectivity index (χ3v) is 3.82. The van der Waals surface area contributed by atoms with E-state index in [-0.39, 0.29) is 0 Å². The van der Waals surface area contributed by atoms with E-state index in [4.69, 9.17) is 0 Å². The van der Waals surface area contributed by atoms with Gasteiger partial charge in [0.2, 0.25) is 0 Å². The van der Waals surface area contributed by atoms with Gasteiger partial charge in [-0.15, -0.1) is 11.8 Å². The molecule has 0 unspecified atom stereocenters. The van der Waals surface area contributed by atoms with Gasteiger partial charge in [-0.2, -0.15) is 0 Å². The van der Waals surface area contributed by atoms with Crippen LogP contribution in [0.3, 0.4) is 0 Å². The standard InChI is InChI=1S/C6H12.C5H12.C4H11N.C4H9N.C4H6.2C3H8.C3H6.2W/c1-5(2)6(3)4;1-5(2,3)4;2*1-4-5(2)3;1-3-4-2;3*1-3-2;;/h1-4H3;1-4H3;4H2,1-3H3;1-3H3;1-2H3;2*3H2,1-2H3;1-2H3;;. The summed E-state index contributed by atoms with van der Waals surface area (Å²) >= 11 is 3.14. The molecular formula is C32H72N2W2. The van der Waals surface area contributed by atoms with Crippen molar-refractivity contribution >= 4 is 7.92 Å². The molecule has 0 aromatic carbocycles. The second-order valence-electron chi connectivity index (χ2n) is 10.6. The Bertz CT molecular complexity index is 464. The van der Waals surface area contributed by atoms with Gasteiger partial charge in [-0.05, 0) is 67.6 Å². The molecule has 0 saturated carbocycles. The van der Waals surface area contributed by atoms with Crippen LogP contribution < -0.4 is 0 Å². The quantitative estimate of drug-likeness (QED) is 0.202. The molecule has 0 atom stereocenters. The van der Waals surface area contributed by atoms with Gasteiger partial charge in [-0.25, -0.2) is 0 Å². The summed E-state index contributed by atoms with van der Waals surface area (Å²) in [7, 11) is 8.23. The molecule has 0 amide bonds. The third kappa shape index (κ3) is 297. The van der Waals surface area contributed by atoms with Gasteiger partial charge in [-0.1, -0.05) is 86.3 Å². The van der Waals surface area contributed by atoms with Gasteiger partial charge >= 0.3 is 86.4 Å². The molecule has 2 nitrogen and oxygen atoms in total. The van der Waals surface area contributed by atoms with E-state index in [2.05, 4.69) is 161 Å². The Morgan fingerprint density at radius 2 is 0.722 bits per heavy atom. The molecule has 0 aliphatic rings. The van der Waals surface area contributed by atoms with Gasteiger partial charge in [-0.3, -0.25) is 0 Å². The van der Waals surface area contributed by atoms with Crippen molar-refractivity contribution in [3.8, 4) is 11.8 Å². The average molecular weight is 853 g/mol. The van der Waals surface area contributed by atoms with E-state index >= 15 is 0 Å². The molecule has 0 radical (unpaired) electrons. The van der Waals surface area contributed by atoms with Gasteiger partial charge in [0.05, 0.1) is 0 Å². The van der Waals surface area contributed by atoms with E-state index in [1.807, 2.05) is 13.8 Å². The minimum absolute atomic E-state index is 0.500. The van der Waals surface area contributed by atoms with Crippen LogP contribution >= 0.6 is 0 Å². The SMILES string of the molecule is CC#CC.CC(C)(C)C.CC(C)=C(C)C.CCC.CCC.CCN(C)C.C[C](=[W])N(C)C.C[C](C)=[W]. The van der Waals surface area contributed by atoms with Crippen LogP contribution in [0.4, 0.5) is 0 Å². The molecule has 0 aromatic heterocycles. The first kappa shape index (κ1) is 56.5. The van der Waals surface area contributed by atoms with E-state index in [0.717, 1.165) is 6.54 Å². The fourth-order valence-electron chi connectivity index (χ4n) is 0. The Morgan fingerprint density at radius 1 is 0.611 bits per heavy atom. The molecule has 0 heterocycles. The number of hydrogen-bond acceptors (Lipinski definition) is 2. The van der Waals surface area contributed by atoms with Crippen molar-refractivity contribution in [3.63, 3.8) is 0 Å². The summed E-state index contributed by atoms with van der Waals surface area (Å²) in [6.45, 7) is 39.0. The topological polar surface area (TPSA) is 6.48 Å². The summed E-state index contributed by atoms with van der Waals surface area (Å²) in [6.07, 6.45) is 2.50. The Hall–Kier alpha value is 0.337. The first-order chi connectivity index (χ1) is 16.0. The van der Waals surface area contributed by atoms with Crippen molar-refractivity contribution in [3.05, 3.63) is 11.1 Å². The molecule has 36 heavy (non-hydrogen) atoms. The van der Waals surface area contributed by atoms with Gasteiger partial charge < -0.3 is 4.90 Å². The van der Waals surface area contributed by atoms with Crippen LogP contribution in [0.2, 0.25) is 0 Å². The zero-order chi connectivity index (χ0) is 31.5. The van der Waals surface area contributed by atoms with Crippen LogP contribution in [0.5, 0.6) is 0 Å². The predicted molar refractivity (Wildman–Crippen MR) is 171 cm³/mol. The Morgan fingerprint density at radius 3 is 0.722 bits per heavy atom. The van der Waals surface area contributed by atoms with Gasteiger partial charge in [0.15, 0.2) is 0 Å². The third-order valence-electron chi connectivity index (χ3n) is 2.51. The van der Waals surface area contributed by atoms with Crippen molar-refractivity contribution in [2.45, 2.75) is 137 Å². The second kappa shape index (κ2) is 48.4. The molecule has 222 valence electrons. The van der Waals surface area contributed by atoms with E-state index in [0.29, 0.717) is 5.41 Å². The second-order valence-corrected chi connectivity index (χ2v) is 15.7. The van der Waals surface area contributed by atoms with Crippen molar-refractivity contribution in [1.82, 2.24) is 9.80 Å². The van der Waals surface area contributed by atoms with Crippen LogP contribution in [0.15, 0.2) is 11.1 Å². The van der Waals surface area contributed by atoms with E-state index < -0.39 is 0 Å². The molecule has 0 fully saturated rings. The molecule has 0 spiro atoms. The van der Waals surface area contributed by atoms with Crippen molar-refractivity contribution < 1.29 is 38.7 Å². The first-order valence-corrected chi connectivity index (χ1v) is 16.2. The first-order valence-electron chi connectivity index (χ1n) is 13.3. The molecule has 0 aromatic rings. The van der Waals surface area contributed by atoms with Gasteiger partial charge in [0.25, 0.3) is 0 Å². The summed E-state index contributed by atoms with van der Waals surface area (Å²) < 4.78 is 2.93. The number of hydrogen-bond donors (Lipinski definition) is 0. The fraction of sp³-hybridized carbons (Fsp3) is 0.812. The van der Waals surface area contributed by atoms with Crippen LogP contribution in [0.1, 0.15) is 137 Å². The van der Waals surface area contributed by atoms with E-state index in [1.54, 1.807) is 38.7 Å². The van der Waals surface area contributed by atoms with Crippen LogP contribution in [-0.4, -0.2) is 52.5 Å². The summed E-state index contributed by atoms with van der Waals surface area (Å²) in [5.74, 6) is 5.36. The minimum atomic E-state index is 0.500. The molecule has 0 aliphatic carbocycles. The molecule has 0 aliphatic heterocycles. The van der Waals surface area contributed by atoms with Crippen LogP contribution in [0, 0.1) is 17.3 Å². The normalized spacial score (nSPS) is 8.00. The molecule has 4 heteroatoms. The molecule has 0 rings (SSSR count). The van der Waals surface area contributed by atoms with E-state index in [1.165, 1.54) is 31.9 Å². The zero-order valence-corrected chi connectivity index (χ0v) is 35.2. The zero-order valence-electron chi connectivity index (χ0n) is 29.3. The monoisotopic (exact) mass is 852 g/mol. The maximum absolute atomic E-state index is 2.68. The summed E-state index contributed by atoms with van der Waals surface area (Å²) in [4.78, 5) is 4.25. The fourth-order valence-corrected chi connectivity index (χ4v) is 0. The number of allylic oxidation sites excluding steroid dienone is 2. The Balaban J connectivity index is -0.0000000420. The Labute approximate surface area is 255 Å². The van der Waals surface area contributed by atoms with Crippen LogP contribution in [-0.2, 0) is 38.7 Å². The number of rotatable bonds is 2. The maximum atomic E-state index is 2.68. The van der Waals surface area contributed by atoms with Gasteiger partial charge in [0.1, 0.15) is 0 Å². The van der Waals surface area contributed by atoms with Crippen LogP contribution in [0.25, 0.3) is 0 Å². The van der Waals surface area contributed by atoms with Crippen molar-refractivity contribution in [2.24, 2.45) is 5.41 Å². The number of nitrogens with zero attached hydrogens (tertiary/aromatic N) is 2. The summed E-state index contributed by atoms with van der Waals surface area (Å²) in [5, 5.41) is 0. The molecule has 0 saturated heterocycles. The Kier molecular flexibility index (Phi) is 76.0.